The van der Waals surface area contributed by atoms with Gasteiger partial charge in [0.05, 0.1) is 11.0 Å². The number of hydrogen-bond acceptors (Lipinski definition) is 5. The van der Waals surface area contributed by atoms with Crippen LogP contribution in [0.4, 0.5) is 11.6 Å². The van der Waals surface area contributed by atoms with Crippen LogP contribution in [0.5, 0.6) is 0 Å². The molecule has 0 bridgehead atoms. The summed E-state index contributed by atoms with van der Waals surface area (Å²) in [5, 5.41) is 13.8. The molecule has 2 aromatic carbocycles. The normalized spacial score (nSPS) is 13.1. The van der Waals surface area contributed by atoms with Crippen molar-refractivity contribution in [1.29, 1.82) is 0 Å². The van der Waals surface area contributed by atoms with Crippen molar-refractivity contribution in [2.24, 2.45) is 12.8 Å². The summed E-state index contributed by atoms with van der Waals surface area (Å²) in [7, 11) is 1.68. The topological polar surface area (TPSA) is 152 Å². The second-order valence-electron chi connectivity index (χ2n) is 7.27. The number of nitrogen functional groups attached to an aromatic ring is 1. The quantitative estimate of drug-likeness (QED) is 0.323. The maximum atomic E-state index is 13.0. The van der Waals surface area contributed by atoms with Gasteiger partial charge in [0.25, 0.3) is 11.8 Å². The van der Waals surface area contributed by atoms with Crippen molar-refractivity contribution in [2.45, 2.75) is 12.0 Å². The number of rotatable bonds is 6. The van der Waals surface area contributed by atoms with Gasteiger partial charge in [0.1, 0.15) is 11.8 Å². The fraction of sp³-hybridized carbons (Fsp3) is 0.136. The number of anilines is 2. The van der Waals surface area contributed by atoms with Crippen molar-refractivity contribution in [3.8, 4) is 0 Å². The van der Waals surface area contributed by atoms with Gasteiger partial charge in [-0.25, -0.2) is 4.98 Å². The molecule has 4 aromatic rings. The van der Waals surface area contributed by atoms with E-state index in [0.29, 0.717) is 27.8 Å². The number of H-pyrrole nitrogens is 1. The largest absolute Gasteiger partial charge is 0.382 e. The van der Waals surface area contributed by atoms with Crippen LogP contribution in [-0.4, -0.2) is 37.6 Å². The van der Waals surface area contributed by atoms with Gasteiger partial charge in [-0.15, -0.1) is 0 Å². The Balaban J connectivity index is 1.69. The van der Waals surface area contributed by atoms with E-state index in [2.05, 4.69) is 15.3 Å². The molecule has 9 nitrogen and oxygen atoms in total. The smallest absolute Gasteiger partial charge is 0.265 e. The van der Waals surface area contributed by atoms with Crippen LogP contribution < -0.4 is 16.8 Å². The van der Waals surface area contributed by atoms with Gasteiger partial charge in [0, 0.05) is 24.8 Å². The highest BCUT2D eigenvalue weighted by molar-refractivity contribution is 5.98. The van der Waals surface area contributed by atoms with Crippen LogP contribution in [0.25, 0.3) is 11.0 Å². The monoisotopic (exact) mass is 418 g/mol. The number of carbonyl (C=O) groups excluding carboxylic acids is 2. The average Bonchev–Trinajstić information content (AvgIpc) is 3.30. The van der Waals surface area contributed by atoms with Gasteiger partial charge in [0.2, 0.25) is 0 Å². The Morgan fingerprint density at radius 2 is 1.90 bits per heavy atom. The molecular formula is C22H22N6O3. The van der Waals surface area contributed by atoms with Crippen molar-refractivity contribution in [1.82, 2.24) is 14.5 Å². The molecule has 0 aliphatic heterocycles. The van der Waals surface area contributed by atoms with Gasteiger partial charge in [-0.2, -0.15) is 0 Å². The Labute approximate surface area is 177 Å². The molecule has 0 fully saturated rings. The molecule has 0 aliphatic rings. The van der Waals surface area contributed by atoms with Crippen LogP contribution in [0.15, 0.2) is 60.8 Å². The number of aromatic amines is 1. The second-order valence-corrected chi connectivity index (χ2v) is 7.27. The number of fused-ring (bicyclic) bond motifs is 1. The first-order chi connectivity index (χ1) is 14.8. The Bertz CT molecular complexity index is 1260. The third kappa shape index (κ3) is 3.86. The molecule has 0 aliphatic carbocycles. The number of amides is 2. The van der Waals surface area contributed by atoms with E-state index in [9.17, 15) is 14.7 Å². The lowest BCUT2D eigenvalue weighted by Gasteiger charge is -2.23. The standard InChI is InChI=1S/C22H22N6O3/c1-28-10-9-14(18(28)20(23)30)17(12-5-3-2-4-6-12)19(29)21(31)25-13-7-8-15-16(11-13)27-22(24)26-15/h2-11,17,19,29H,1H3,(H2,23,30)(H,25,31)(H3,24,26,27)/t17-,19+/m0/s1. The summed E-state index contributed by atoms with van der Waals surface area (Å²) in [6, 6.07) is 15.8. The lowest BCUT2D eigenvalue weighted by atomic mass is 9.86. The first-order valence-electron chi connectivity index (χ1n) is 9.59. The molecule has 0 unspecified atom stereocenters. The van der Waals surface area contributed by atoms with E-state index in [1.165, 1.54) is 0 Å². The highest BCUT2D eigenvalue weighted by Gasteiger charge is 2.33. The summed E-state index contributed by atoms with van der Waals surface area (Å²) in [4.78, 5) is 32.1. The van der Waals surface area contributed by atoms with Crippen molar-refractivity contribution < 1.29 is 14.7 Å². The van der Waals surface area contributed by atoms with Crippen LogP contribution in [-0.2, 0) is 11.8 Å². The number of aliphatic hydroxyl groups is 1. The first kappa shape index (κ1) is 20.2. The van der Waals surface area contributed by atoms with E-state index in [0.717, 1.165) is 0 Å². The summed E-state index contributed by atoms with van der Waals surface area (Å²) in [5.74, 6) is -1.79. The van der Waals surface area contributed by atoms with Crippen LogP contribution in [0, 0.1) is 0 Å². The average molecular weight is 418 g/mol. The molecule has 2 amide bonds. The molecule has 0 spiro atoms. The minimum atomic E-state index is -1.48. The third-order valence-corrected chi connectivity index (χ3v) is 5.18. The fourth-order valence-corrected chi connectivity index (χ4v) is 3.78. The Morgan fingerprint density at radius 3 is 2.61 bits per heavy atom. The Morgan fingerprint density at radius 1 is 1.16 bits per heavy atom. The molecule has 4 rings (SSSR count). The van der Waals surface area contributed by atoms with E-state index in [1.54, 1.807) is 66.3 Å². The fourth-order valence-electron chi connectivity index (χ4n) is 3.78. The molecule has 31 heavy (non-hydrogen) atoms. The molecule has 9 heteroatoms. The van der Waals surface area contributed by atoms with Crippen LogP contribution in [0.3, 0.4) is 0 Å². The maximum absolute atomic E-state index is 13.0. The number of aromatic nitrogens is 3. The minimum Gasteiger partial charge on any atom is -0.382 e. The van der Waals surface area contributed by atoms with Gasteiger partial charge in [-0.1, -0.05) is 30.3 Å². The van der Waals surface area contributed by atoms with Crippen molar-refractivity contribution >= 4 is 34.5 Å². The number of aliphatic hydroxyl groups excluding tert-OH is 1. The summed E-state index contributed by atoms with van der Waals surface area (Å²) < 4.78 is 1.58. The van der Waals surface area contributed by atoms with Gasteiger partial charge >= 0.3 is 0 Å². The predicted molar refractivity (Wildman–Crippen MR) is 117 cm³/mol. The lowest BCUT2D eigenvalue weighted by Crippen LogP contribution is -2.35. The van der Waals surface area contributed by atoms with Gasteiger partial charge in [-0.05, 0) is 35.4 Å². The zero-order valence-corrected chi connectivity index (χ0v) is 16.7. The number of nitrogens with one attached hydrogen (secondary N) is 2. The van der Waals surface area contributed by atoms with Gasteiger partial charge in [-0.3, -0.25) is 9.59 Å². The summed E-state index contributed by atoms with van der Waals surface area (Å²) in [5.41, 5.74) is 14.4. The molecule has 0 saturated carbocycles. The minimum absolute atomic E-state index is 0.232. The van der Waals surface area contributed by atoms with Crippen molar-refractivity contribution in [2.75, 3.05) is 11.1 Å². The second kappa shape index (κ2) is 7.96. The summed E-state index contributed by atoms with van der Waals surface area (Å²) in [6.07, 6.45) is 0.192. The SMILES string of the molecule is Cn1ccc([C@H](c2ccccc2)[C@@H](O)C(=O)Nc2ccc3nc(N)[nH]c3c2)c1C(N)=O. The maximum Gasteiger partial charge on any atom is 0.265 e. The summed E-state index contributed by atoms with van der Waals surface area (Å²) >= 11 is 0. The molecule has 0 radical (unpaired) electrons. The first-order valence-corrected chi connectivity index (χ1v) is 9.59. The van der Waals surface area contributed by atoms with E-state index >= 15 is 0 Å². The number of nitrogens with two attached hydrogens (primary N) is 2. The predicted octanol–water partition coefficient (Wildman–Crippen LogP) is 1.71. The molecule has 2 heterocycles. The molecule has 2 atom stereocenters. The van der Waals surface area contributed by atoms with Crippen LogP contribution in [0.1, 0.15) is 27.5 Å². The number of imidazole rings is 1. The van der Waals surface area contributed by atoms with Crippen LogP contribution in [0.2, 0.25) is 0 Å². The molecule has 0 saturated heterocycles. The zero-order chi connectivity index (χ0) is 22.1. The zero-order valence-electron chi connectivity index (χ0n) is 16.7. The number of aryl methyl sites for hydroxylation is 1. The van der Waals surface area contributed by atoms with E-state index in [4.69, 9.17) is 11.5 Å². The number of nitrogens with zero attached hydrogens (tertiary/aromatic N) is 2. The number of hydrogen-bond donors (Lipinski definition) is 5. The molecule has 7 N–H and O–H groups in total. The van der Waals surface area contributed by atoms with E-state index in [-0.39, 0.29) is 11.6 Å². The molecule has 158 valence electrons. The third-order valence-electron chi connectivity index (χ3n) is 5.18. The Hall–Kier alpha value is -4.11. The van der Waals surface area contributed by atoms with E-state index in [1.807, 2.05) is 6.07 Å². The highest BCUT2D eigenvalue weighted by Crippen LogP contribution is 2.32. The molecule has 2 aromatic heterocycles. The lowest BCUT2D eigenvalue weighted by molar-refractivity contribution is -0.124. The van der Waals surface area contributed by atoms with Crippen molar-refractivity contribution in [3.05, 3.63) is 77.6 Å². The molecular weight excluding hydrogens is 396 g/mol. The summed E-state index contributed by atoms with van der Waals surface area (Å²) in [6.45, 7) is 0. The number of benzene rings is 2. The number of primary amides is 1. The highest BCUT2D eigenvalue weighted by atomic mass is 16.3. The van der Waals surface area contributed by atoms with Crippen molar-refractivity contribution in [3.63, 3.8) is 0 Å². The van der Waals surface area contributed by atoms with Gasteiger partial charge < -0.3 is 31.4 Å². The van der Waals surface area contributed by atoms with Gasteiger partial charge in [0.15, 0.2) is 5.95 Å². The van der Waals surface area contributed by atoms with E-state index < -0.39 is 23.8 Å². The number of carbonyl (C=O) groups is 2. The van der Waals surface area contributed by atoms with Crippen LogP contribution >= 0.6 is 0 Å². The Kier molecular flexibility index (Phi) is 5.18.